The summed E-state index contributed by atoms with van der Waals surface area (Å²) in [6.07, 6.45) is 1.23. The van der Waals surface area contributed by atoms with Crippen LogP contribution in [0.4, 0.5) is 0 Å². The summed E-state index contributed by atoms with van der Waals surface area (Å²) in [5, 5.41) is 0.501. The summed E-state index contributed by atoms with van der Waals surface area (Å²) in [7, 11) is 2.14. The molecule has 0 aliphatic heterocycles. The Morgan fingerprint density at radius 2 is 2.11 bits per heavy atom. The van der Waals surface area contributed by atoms with Crippen LogP contribution < -0.4 is 0 Å². The average molecular weight is 147 g/mol. The third kappa shape index (κ3) is 6.19. The third-order valence-electron chi connectivity index (χ3n) is 1.18. The third-order valence-corrected chi connectivity index (χ3v) is 1.34. The van der Waals surface area contributed by atoms with Crippen LogP contribution in [-0.4, -0.2) is 30.3 Å². The van der Waals surface area contributed by atoms with E-state index in [1.165, 1.54) is 13.0 Å². The van der Waals surface area contributed by atoms with E-state index in [-0.39, 0.29) is 0 Å². The van der Waals surface area contributed by atoms with Gasteiger partial charge in [0, 0.05) is 11.8 Å². The predicted octanol–water partition coefficient (Wildman–Crippen LogP) is 1.65. The van der Waals surface area contributed by atoms with Gasteiger partial charge < -0.3 is 4.90 Å². The van der Waals surface area contributed by atoms with Gasteiger partial charge in [0.1, 0.15) is 0 Å². The molecule has 0 radical (unpaired) electrons. The molecule has 0 spiro atoms. The zero-order valence-electron chi connectivity index (χ0n) is 6.59. The Morgan fingerprint density at radius 1 is 1.56 bits per heavy atom. The van der Waals surface area contributed by atoms with Crippen molar-refractivity contribution in [2.24, 2.45) is 0 Å². The highest BCUT2D eigenvalue weighted by Crippen LogP contribution is 1.95. The first-order valence-electron chi connectivity index (χ1n) is 3.53. The summed E-state index contributed by atoms with van der Waals surface area (Å²) in [5.74, 6) is 0. The first-order valence-corrected chi connectivity index (χ1v) is 4.05. The Bertz CT molecular complexity index is 63.9. The van der Waals surface area contributed by atoms with Crippen molar-refractivity contribution in [1.82, 2.24) is 4.90 Å². The van der Waals surface area contributed by atoms with E-state index in [9.17, 15) is 0 Å². The minimum Gasteiger partial charge on any atom is -0.305 e. The Balaban J connectivity index is 3.15. The van der Waals surface area contributed by atoms with Gasteiger partial charge in [-0.15, -0.1) is 0 Å². The zero-order valence-corrected chi connectivity index (χ0v) is 7.49. The number of thiol groups is 1. The van der Waals surface area contributed by atoms with Gasteiger partial charge in [-0.25, -0.2) is 0 Å². The minimum absolute atomic E-state index is 0.501. The quantitative estimate of drug-likeness (QED) is 0.592. The van der Waals surface area contributed by atoms with E-state index >= 15 is 0 Å². The molecule has 0 aromatic heterocycles. The van der Waals surface area contributed by atoms with Crippen LogP contribution in [0.2, 0.25) is 0 Å². The van der Waals surface area contributed by atoms with Gasteiger partial charge in [-0.2, -0.15) is 12.6 Å². The number of hydrogen-bond acceptors (Lipinski definition) is 2. The molecule has 0 aliphatic carbocycles. The summed E-state index contributed by atoms with van der Waals surface area (Å²) in [6, 6.07) is 0. The standard InChI is InChI=1S/C7H17NS/c1-4-5-8(3)6-7(2)9/h7,9H,4-6H2,1-3H3/t7-/m1/s1. The first kappa shape index (κ1) is 9.31. The average Bonchev–Trinajstić information content (AvgIpc) is 1.63. The number of rotatable bonds is 4. The van der Waals surface area contributed by atoms with E-state index in [1.54, 1.807) is 0 Å². The van der Waals surface area contributed by atoms with Crippen molar-refractivity contribution >= 4 is 12.6 Å². The molecule has 0 saturated carbocycles. The second-order valence-electron chi connectivity index (χ2n) is 2.61. The summed E-state index contributed by atoms with van der Waals surface area (Å²) < 4.78 is 0. The molecule has 0 aromatic carbocycles. The lowest BCUT2D eigenvalue weighted by Crippen LogP contribution is -2.25. The Kier molecular flexibility index (Phi) is 5.30. The minimum atomic E-state index is 0.501. The van der Waals surface area contributed by atoms with Gasteiger partial charge >= 0.3 is 0 Å². The highest BCUT2D eigenvalue weighted by atomic mass is 32.1. The molecule has 0 heterocycles. The summed E-state index contributed by atoms with van der Waals surface area (Å²) in [4.78, 5) is 2.30. The van der Waals surface area contributed by atoms with Gasteiger partial charge in [0.25, 0.3) is 0 Å². The second-order valence-corrected chi connectivity index (χ2v) is 3.49. The van der Waals surface area contributed by atoms with E-state index < -0.39 is 0 Å². The fourth-order valence-electron chi connectivity index (χ4n) is 0.924. The molecule has 0 saturated heterocycles. The summed E-state index contributed by atoms with van der Waals surface area (Å²) in [6.45, 7) is 6.59. The molecule has 0 unspecified atom stereocenters. The maximum absolute atomic E-state index is 4.29. The molecular weight excluding hydrogens is 130 g/mol. The maximum atomic E-state index is 4.29. The van der Waals surface area contributed by atoms with E-state index in [2.05, 4.69) is 38.4 Å². The smallest absolute Gasteiger partial charge is 0.0116 e. The largest absolute Gasteiger partial charge is 0.305 e. The fraction of sp³-hybridized carbons (Fsp3) is 1.00. The van der Waals surface area contributed by atoms with Crippen molar-refractivity contribution in [3.63, 3.8) is 0 Å². The highest BCUT2D eigenvalue weighted by molar-refractivity contribution is 7.80. The molecule has 9 heavy (non-hydrogen) atoms. The van der Waals surface area contributed by atoms with Crippen molar-refractivity contribution in [2.75, 3.05) is 20.1 Å². The maximum Gasteiger partial charge on any atom is 0.0116 e. The van der Waals surface area contributed by atoms with Gasteiger partial charge in [-0.1, -0.05) is 13.8 Å². The van der Waals surface area contributed by atoms with Crippen molar-refractivity contribution in [3.8, 4) is 0 Å². The lowest BCUT2D eigenvalue weighted by atomic mass is 10.4. The molecule has 0 amide bonds. The second kappa shape index (κ2) is 5.12. The van der Waals surface area contributed by atoms with Gasteiger partial charge in [0.2, 0.25) is 0 Å². The SMILES string of the molecule is CCCN(C)C[C@@H](C)S. The van der Waals surface area contributed by atoms with Crippen LogP contribution in [0.5, 0.6) is 0 Å². The molecule has 2 heteroatoms. The lowest BCUT2D eigenvalue weighted by Gasteiger charge is -2.16. The van der Waals surface area contributed by atoms with E-state index in [1.807, 2.05) is 0 Å². The molecule has 0 aliphatic rings. The first-order chi connectivity index (χ1) is 4.16. The highest BCUT2D eigenvalue weighted by Gasteiger charge is 1.98. The van der Waals surface area contributed by atoms with Gasteiger partial charge in [-0.3, -0.25) is 0 Å². The van der Waals surface area contributed by atoms with Gasteiger partial charge in [0.05, 0.1) is 0 Å². The fourth-order valence-corrected chi connectivity index (χ4v) is 1.20. The van der Waals surface area contributed by atoms with Crippen LogP contribution in [0.15, 0.2) is 0 Å². The molecule has 0 aromatic rings. The van der Waals surface area contributed by atoms with Crippen LogP contribution in [0.3, 0.4) is 0 Å². The molecule has 0 N–H and O–H groups in total. The van der Waals surface area contributed by atoms with Crippen LogP contribution >= 0.6 is 12.6 Å². The predicted molar refractivity (Wildman–Crippen MR) is 46.2 cm³/mol. The van der Waals surface area contributed by atoms with Crippen molar-refractivity contribution in [1.29, 1.82) is 0 Å². The van der Waals surface area contributed by atoms with E-state index in [0.717, 1.165) is 6.54 Å². The molecule has 1 nitrogen and oxygen atoms in total. The monoisotopic (exact) mass is 147 g/mol. The number of nitrogens with zero attached hydrogens (tertiary/aromatic N) is 1. The van der Waals surface area contributed by atoms with Crippen molar-refractivity contribution in [2.45, 2.75) is 25.5 Å². The van der Waals surface area contributed by atoms with Crippen LogP contribution in [0.1, 0.15) is 20.3 Å². The summed E-state index contributed by atoms with van der Waals surface area (Å²) in [5.41, 5.74) is 0. The van der Waals surface area contributed by atoms with E-state index in [4.69, 9.17) is 0 Å². The molecule has 0 rings (SSSR count). The Morgan fingerprint density at radius 3 is 2.44 bits per heavy atom. The van der Waals surface area contributed by atoms with Crippen LogP contribution in [-0.2, 0) is 0 Å². The van der Waals surface area contributed by atoms with E-state index in [0.29, 0.717) is 5.25 Å². The van der Waals surface area contributed by atoms with Gasteiger partial charge in [0.15, 0.2) is 0 Å². The Labute approximate surface area is 63.8 Å². The van der Waals surface area contributed by atoms with Crippen molar-refractivity contribution < 1.29 is 0 Å². The molecule has 56 valence electrons. The number of hydrogen-bond donors (Lipinski definition) is 1. The molecular formula is C7H17NS. The summed E-state index contributed by atoms with van der Waals surface area (Å²) >= 11 is 4.29. The normalized spacial score (nSPS) is 14.3. The van der Waals surface area contributed by atoms with Crippen LogP contribution in [0, 0.1) is 0 Å². The topological polar surface area (TPSA) is 3.24 Å². The lowest BCUT2D eigenvalue weighted by molar-refractivity contribution is 0.340. The molecule has 0 bridgehead atoms. The van der Waals surface area contributed by atoms with Crippen molar-refractivity contribution in [3.05, 3.63) is 0 Å². The zero-order chi connectivity index (χ0) is 7.28. The van der Waals surface area contributed by atoms with Gasteiger partial charge in [-0.05, 0) is 20.0 Å². The molecule has 1 atom stereocenters. The Hall–Kier alpha value is 0.310. The molecule has 0 fully saturated rings. The van der Waals surface area contributed by atoms with Crippen LogP contribution in [0.25, 0.3) is 0 Å².